The Balaban J connectivity index is 1.79. The number of rotatable bonds is 4. The van der Waals surface area contributed by atoms with Crippen LogP contribution < -0.4 is 0 Å². The van der Waals surface area contributed by atoms with E-state index in [0.717, 1.165) is 11.1 Å². The smallest absolute Gasteiger partial charge is 0.308 e. The SMILES string of the molecule is O=C(O)C1CN(Cc2cccc(O)c2)CC1c1cccc(F)c1. The van der Waals surface area contributed by atoms with Gasteiger partial charge in [-0.2, -0.15) is 0 Å². The maximum Gasteiger partial charge on any atom is 0.308 e. The zero-order chi connectivity index (χ0) is 16.4. The van der Waals surface area contributed by atoms with Crippen LogP contribution >= 0.6 is 0 Å². The number of carbonyl (C=O) groups is 1. The average molecular weight is 315 g/mol. The predicted octanol–water partition coefficient (Wildman–Crippen LogP) is 2.83. The first-order valence-electron chi connectivity index (χ1n) is 7.51. The van der Waals surface area contributed by atoms with Gasteiger partial charge < -0.3 is 10.2 Å². The van der Waals surface area contributed by atoms with Gasteiger partial charge in [-0.3, -0.25) is 9.69 Å². The van der Waals surface area contributed by atoms with Crippen LogP contribution in [0.3, 0.4) is 0 Å². The number of benzene rings is 2. The van der Waals surface area contributed by atoms with Gasteiger partial charge in [0.25, 0.3) is 0 Å². The van der Waals surface area contributed by atoms with E-state index in [2.05, 4.69) is 0 Å². The Kier molecular flexibility index (Phi) is 4.30. The molecule has 2 aromatic rings. The topological polar surface area (TPSA) is 60.8 Å². The average Bonchev–Trinajstić information content (AvgIpc) is 2.91. The van der Waals surface area contributed by atoms with Crippen LogP contribution in [-0.4, -0.2) is 34.2 Å². The summed E-state index contributed by atoms with van der Waals surface area (Å²) in [6, 6.07) is 13.1. The van der Waals surface area contributed by atoms with Crippen molar-refractivity contribution in [1.29, 1.82) is 0 Å². The van der Waals surface area contributed by atoms with Gasteiger partial charge in [0.05, 0.1) is 5.92 Å². The summed E-state index contributed by atoms with van der Waals surface area (Å²) in [5, 5.41) is 19.0. The number of aromatic hydroxyl groups is 1. The molecule has 1 aliphatic heterocycles. The van der Waals surface area contributed by atoms with Crippen LogP contribution in [0, 0.1) is 11.7 Å². The van der Waals surface area contributed by atoms with Crippen molar-refractivity contribution in [3.05, 3.63) is 65.5 Å². The van der Waals surface area contributed by atoms with Gasteiger partial charge in [-0.15, -0.1) is 0 Å². The number of nitrogens with zero attached hydrogens (tertiary/aromatic N) is 1. The molecule has 0 aliphatic carbocycles. The molecule has 5 heteroatoms. The van der Waals surface area contributed by atoms with Gasteiger partial charge in [-0.1, -0.05) is 24.3 Å². The Bertz CT molecular complexity index is 719. The number of carboxylic acids is 1. The predicted molar refractivity (Wildman–Crippen MR) is 83.7 cm³/mol. The molecule has 120 valence electrons. The Morgan fingerprint density at radius 3 is 2.65 bits per heavy atom. The number of aliphatic carboxylic acids is 1. The van der Waals surface area contributed by atoms with Gasteiger partial charge in [0.1, 0.15) is 11.6 Å². The largest absolute Gasteiger partial charge is 0.508 e. The van der Waals surface area contributed by atoms with E-state index in [9.17, 15) is 19.4 Å². The molecule has 23 heavy (non-hydrogen) atoms. The number of carboxylic acid groups (broad SMARTS) is 1. The van der Waals surface area contributed by atoms with Crippen LogP contribution in [-0.2, 0) is 11.3 Å². The molecule has 1 heterocycles. The third-order valence-electron chi connectivity index (χ3n) is 4.31. The third kappa shape index (κ3) is 3.51. The van der Waals surface area contributed by atoms with Crippen molar-refractivity contribution >= 4 is 5.97 Å². The first kappa shape index (κ1) is 15.5. The minimum absolute atomic E-state index is 0.193. The second-order valence-electron chi connectivity index (χ2n) is 5.97. The number of halogens is 1. The molecule has 3 rings (SSSR count). The van der Waals surface area contributed by atoms with Crippen molar-refractivity contribution in [1.82, 2.24) is 4.90 Å². The molecule has 1 aliphatic rings. The van der Waals surface area contributed by atoms with Crippen LogP contribution in [0.15, 0.2) is 48.5 Å². The molecule has 2 atom stereocenters. The highest BCUT2D eigenvalue weighted by Crippen LogP contribution is 2.34. The summed E-state index contributed by atoms with van der Waals surface area (Å²) in [5.41, 5.74) is 1.64. The monoisotopic (exact) mass is 315 g/mol. The van der Waals surface area contributed by atoms with Crippen LogP contribution in [0.1, 0.15) is 17.0 Å². The highest BCUT2D eigenvalue weighted by Gasteiger charge is 2.38. The summed E-state index contributed by atoms with van der Waals surface area (Å²) in [6.45, 7) is 1.52. The quantitative estimate of drug-likeness (QED) is 0.911. The fraction of sp³-hybridized carbons (Fsp3) is 0.278. The normalized spacial score (nSPS) is 21.4. The van der Waals surface area contributed by atoms with Crippen molar-refractivity contribution in [2.24, 2.45) is 5.92 Å². The van der Waals surface area contributed by atoms with Crippen LogP contribution in [0.4, 0.5) is 4.39 Å². The van der Waals surface area contributed by atoms with E-state index in [-0.39, 0.29) is 17.5 Å². The minimum Gasteiger partial charge on any atom is -0.508 e. The van der Waals surface area contributed by atoms with Crippen LogP contribution in [0.2, 0.25) is 0 Å². The van der Waals surface area contributed by atoms with Crippen LogP contribution in [0.25, 0.3) is 0 Å². The fourth-order valence-corrected chi connectivity index (χ4v) is 3.25. The molecule has 0 aromatic heterocycles. The molecule has 0 bridgehead atoms. The standard InChI is InChI=1S/C18H18FNO3/c19-14-5-2-4-13(8-14)16-10-20(11-17(16)18(22)23)9-12-3-1-6-15(21)7-12/h1-8,16-17,21H,9-11H2,(H,22,23). The Labute approximate surface area is 133 Å². The summed E-state index contributed by atoms with van der Waals surface area (Å²) >= 11 is 0. The highest BCUT2D eigenvalue weighted by molar-refractivity contribution is 5.72. The molecular formula is C18H18FNO3. The van der Waals surface area contributed by atoms with Gasteiger partial charge >= 0.3 is 5.97 Å². The maximum atomic E-state index is 13.4. The number of hydrogen-bond acceptors (Lipinski definition) is 3. The Morgan fingerprint density at radius 2 is 1.96 bits per heavy atom. The lowest BCUT2D eigenvalue weighted by Crippen LogP contribution is -2.23. The van der Waals surface area contributed by atoms with Crippen molar-refractivity contribution in [2.75, 3.05) is 13.1 Å². The first-order chi connectivity index (χ1) is 11.0. The van der Waals surface area contributed by atoms with Gasteiger partial charge in [0.15, 0.2) is 0 Å². The minimum atomic E-state index is -0.863. The number of likely N-dealkylation sites (tertiary alicyclic amines) is 1. The van der Waals surface area contributed by atoms with E-state index in [1.807, 2.05) is 11.0 Å². The second-order valence-corrected chi connectivity index (χ2v) is 5.97. The van der Waals surface area contributed by atoms with E-state index in [0.29, 0.717) is 19.6 Å². The van der Waals surface area contributed by atoms with E-state index < -0.39 is 11.9 Å². The molecule has 1 saturated heterocycles. The van der Waals surface area contributed by atoms with Gasteiger partial charge in [-0.05, 0) is 35.4 Å². The zero-order valence-corrected chi connectivity index (χ0v) is 12.5. The fourth-order valence-electron chi connectivity index (χ4n) is 3.25. The zero-order valence-electron chi connectivity index (χ0n) is 12.5. The lowest BCUT2D eigenvalue weighted by atomic mass is 9.89. The summed E-state index contributed by atoms with van der Waals surface area (Å²) in [5.74, 6) is -1.82. The van der Waals surface area contributed by atoms with E-state index >= 15 is 0 Å². The Hall–Kier alpha value is -2.40. The van der Waals surface area contributed by atoms with E-state index in [1.54, 1.807) is 30.3 Å². The summed E-state index contributed by atoms with van der Waals surface area (Å²) in [6.07, 6.45) is 0. The van der Waals surface area contributed by atoms with Crippen LogP contribution in [0.5, 0.6) is 5.75 Å². The van der Waals surface area contributed by atoms with Crippen molar-refractivity contribution in [3.8, 4) is 5.75 Å². The number of phenolic OH excluding ortho intramolecular Hbond substituents is 1. The van der Waals surface area contributed by atoms with Crippen molar-refractivity contribution in [2.45, 2.75) is 12.5 Å². The summed E-state index contributed by atoms with van der Waals surface area (Å²) in [7, 11) is 0. The first-order valence-corrected chi connectivity index (χ1v) is 7.51. The molecule has 0 saturated carbocycles. The summed E-state index contributed by atoms with van der Waals surface area (Å²) < 4.78 is 13.4. The lowest BCUT2D eigenvalue weighted by molar-refractivity contribution is -0.141. The number of phenols is 1. The molecule has 1 fully saturated rings. The maximum absolute atomic E-state index is 13.4. The third-order valence-corrected chi connectivity index (χ3v) is 4.31. The molecule has 0 radical (unpaired) electrons. The van der Waals surface area contributed by atoms with Crippen molar-refractivity contribution < 1.29 is 19.4 Å². The van der Waals surface area contributed by atoms with E-state index in [1.165, 1.54) is 12.1 Å². The molecule has 0 spiro atoms. The van der Waals surface area contributed by atoms with Gasteiger partial charge in [0, 0.05) is 25.6 Å². The second kappa shape index (κ2) is 6.38. The summed E-state index contributed by atoms with van der Waals surface area (Å²) in [4.78, 5) is 13.6. The molecule has 4 nitrogen and oxygen atoms in total. The number of hydrogen-bond donors (Lipinski definition) is 2. The molecule has 2 unspecified atom stereocenters. The van der Waals surface area contributed by atoms with Gasteiger partial charge in [0.2, 0.25) is 0 Å². The molecule has 2 aromatic carbocycles. The van der Waals surface area contributed by atoms with Gasteiger partial charge in [-0.25, -0.2) is 4.39 Å². The van der Waals surface area contributed by atoms with Crippen molar-refractivity contribution in [3.63, 3.8) is 0 Å². The highest BCUT2D eigenvalue weighted by atomic mass is 19.1. The molecule has 2 N–H and O–H groups in total. The Morgan fingerprint density at radius 1 is 1.17 bits per heavy atom. The lowest BCUT2D eigenvalue weighted by Gasteiger charge is -2.16. The molecular weight excluding hydrogens is 297 g/mol. The molecule has 0 amide bonds. The van der Waals surface area contributed by atoms with E-state index in [4.69, 9.17) is 0 Å².